The number of amides is 1. The molecule has 17 heavy (non-hydrogen) atoms. The number of nitrogens with one attached hydrogen (secondary N) is 2. The summed E-state index contributed by atoms with van der Waals surface area (Å²) in [6.45, 7) is 0. The van der Waals surface area contributed by atoms with Gasteiger partial charge in [0.15, 0.2) is 5.69 Å². The van der Waals surface area contributed by atoms with Crippen LogP contribution in [0.3, 0.4) is 0 Å². The van der Waals surface area contributed by atoms with Crippen molar-refractivity contribution in [1.82, 2.24) is 4.98 Å². The van der Waals surface area contributed by atoms with Crippen LogP contribution in [0.15, 0.2) is 29.8 Å². The zero-order valence-corrected chi connectivity index (χ0v) is 9.84. The molecule has 2 N–H and O–H groups in total. The highest BCUT2D eigenvalue weighted by Crippen LogP contribution is 2.20. The van der Waals surface area contributed by atoms with E-state index in [0.717, 1.165) is 0 Å². The predicted octanol–water partition coefficient (Wildman–Crippen LogP) is 2.58. The lowest BCUT2D eigenvalue weighted by atomic mass is 10.3. The Morgan fingerprint density at radius 1 is 1.47 bits per heavy atom. The number of aromatic nitrogens is 1. The normalized spacial score (nSPS) is 10.0. The third-order valence-electron chi connectivity index (χ3n) is 2.09. The maximum atomic E-state index is 12.9. The van der Waals surface area contributed by atoms with Crippen LogP contribution in [0.4, 0.5) is 15.1 Å². The number of hydrogen-bond acceptors (Lipinski definition) is 4. The molecule has 0 bridgehead atoms. The first-order valence-corrected chi connectivity index (χ1v) is 5.77. The minimum Gasteiger partial charge on any atom is -0.378 e. The van der Waals surface area contributed by atoms with Crippen molar-refractivity contribution in [2.24, 2.45) is 0 Å². The van der Waals surface area contributed by atoms with Crippen molar-refractivity contribution in [2.75, 3.05) is 17.7 Å². The molecule has 4 nitrogen and oxygen atoms in total. The molecule has 0 unspecified atom stereocenters. The maximum absolute atomic E-state index is 12.9. The highest BCUT2D eigenvalue weighted by Gasteiger charge is 2.14. The average Bonchev–Trinajstić information content (AvgIpc) is 2.77. The molecule has 0 saturated carbocycles. The molecule has 0 saturated heterocycles. The maximum Gasteiger partial charge on any atom is 0.277 e. The lowest BCUT2D eigenvalue weighted by Gasteiger charge is -2.04. The summed E-state index contributed by atoms with van der Waals surface area (Å²) in [5.74, 6) is -0.754. The van der Waals surface area contributed by atoms with Gasteiger partial charge in [-0.25, -0.2) is 9.37 Å². The van der Waals surface area contributed by atoms with Crippen molar-refractivity contribution in [3.63, 3.8) is 0 Å². The molecule has 88 valence electrons. The van der Waals surface area contributed by atoms with Gasteiger partial charge in [-0.1, -0.05) is 6.07 Å². The van der Waals surface area contributed by atoms with Crippen molar-refractivity contribution in [1.29, 1.82) is 0 Å². The van der Waals surface area contributed by atoms with Gasteiger partial charge in [0.25, 0.3) is 5.91 Å². The molecule has 0 aliphatic carbocycles. The molecule has 6 heteroatoms. The van der Waals surface area contributed by atoms with Gasteiger partial charge < -0.3 is 10.6 Å². The number of thiazole rings is 1. The Morgan fingerprint density at radius 3 is 3.00 bits per heavy atom. The van der Waals surface area contributed by atoms with Crippen LogP contribution < -0.4 is 10.6 Å². The quantitative estimate of drug-likeness (QED) is 0.881. The highest BCUT2D eigenvalue weighted by molar-refractivity contribution is 7.14. The molecule has 0 aliphatic heterocycles. The molecule has 1 heterocycles. The van der Waals surface area contributed by atoms with E-state index in [4.69, 9.17) is 0 Å². The van der Waals surface area contributed by atoms with Crippen LogP contribution in [0.5, 0.6) is 0 Å². The first kappa shape index (κ1) is 11.5. The van der Waals surface area contributed by atoms with E-state index in [1.807, 2.05) is 0 Å². The first-order valence-electron chi connectivity index (χ1n) is 4.89. The molecule has 0 radical (unpaired) electrons. The van der Waals surface area contributed by atoms with Gasteiger partial charge in [-0.05, 0) is 18.2 Å². The van der Waals surface area contributed by atoms with Gasteiger partial charge in [0, 0.05) is 12.7 Å². The zero-order chi connectivity index (χ0) is 12.3. The Kier molecular flexibility index (Phi) is 3.34. The molecular weight excluding hydrogens is 241 g/mol. The summed E-state index contributed by atoms with van der Waals surface area (Å²) in [5.41, 5.74) is 2.29. The number of carbonyl (C=O) groups excluding carboxylic acids is 1. The molecule has 2 rings (SSSR count). The molecular formula is C11H10FN3OS. The zero-order valence-electron chi connectivity index (χ0n) is 9.03. The predicted molar refractivity (Wildman–Crippen MR) is 66.0 cm³/mol. The largest absolute Gasteiger partial charge is 0.378 e. The molecule has 1 aromatic carbocycles. The van der Waals surface area contributed by atoms with E-state index in [1.165, 1.54) is 29.5 Å². The van der Waals surface area contributed by atoms with E-state index in [9.17, 15) is 9.18 Å². The van der Waals surface area contributed by atoms with E-state index >= 15 is 0 Å². The van der Waals surface area contributed by atoms with Gasteiger partial charge in [-0.2, -0.15) is 0 Å². The second-order valence-electron chi connectivity index (χ2n) is 3.24. The van der Waals surface area contributed by atoms with Crippen LogP contribution in [0.1, 0.15) is 10.5 Å². The SMILES string of the molecule is CNc1scnc1C(=O)Nc1cccc(F)c1. The summed E-state index contributed by atoms with van der Waals surface area (Å²) in [5, 5.41) is 6.14. The van der Waals surface area contributed by atoms with E-state index < -0.39 is 5.82 Å². The molecule has 0 atom stereocenters. The number of anilines is 2. The fraction of sp³-hybridized carbons (Fsp3) is 0.0909. The Bertz CT molecular complexity index is 541. The van der Waals surface area contributed by atoms with Crippen LogP contribution >= 0.6 is 11.3 Å². The van der Waals surface area contributed by atoms with Crippen LogP contribution in [0.25, 0.3) is 0 Å². The molecule has 1 aromatic heterocycles. The van der Waals surface area contributed by atoms with Crippen molar-refractivity contribution < 1.29 is 9.18 Å². The van der Waals surface area contributed by atoms with Crippen molar-refractivity contribution >= 4 is 27.9 Å². The lowest BCUT2D eigenvalue weighted by Crippen LogP contribution is -2.13. The monoisotopic (exact) mass is 251 g/mol. The molecule has 0 aliphatic rings. The van der Waals surface area contributed by atoms with Crippen LogP contribution in [0.2, 0.25) is 0 Å². The number of halogens is 1. The second kappa shape index (κ2) is 4.92. The summed E-state index contributed by atoms with van der Waals surface area (Å²) in [6, 6.07) is 5.72. The van der Waals surface area contributed by atoms with Crippen molar-refractivity contribution in [2.45, 2.75) is 0 Å². The fourth-order valence-electron chi connectivity index (χ4n) is 1.34. The molecule has 2 aromatic rings. The van der Waals surface area contributed by atoms with Gasteiger partial charge in [0.2, 0.25) is 0 Å². The van der Waals surface area contributed by atoms with E-state index in [1.54, 1.807) is 18.6 Å². The molecule has 1 amide bonds. The summed E-state index contributed by atoms with van der Waals surface area (Å²) < 4.78 is 12.9. The minimum absolute atomic E-state index is 0.307. The standard InChI is InChI=1S/C11H10FN3OS/c1-13-11-9(14-6-17-11)10(16)15-8-4-2-3-7(12)5-8/h2-6,13H,1H3,(H,15,16). The number of hydrogen-bond donors (Lipinski definition) is 2. The highest BCUT2D eigenvalue weighted by atomic mass is 32.1. The second-order valence-corrected chi connectivity index (χ2v) is 4.10. The first-order chi connectivity index (χ1) is 8.20. The number of carbonyl (C=O) groups is 1. The minimum atomic E-state index is -0.394. The van der Waals surface area contributed by atoms with Gasteiger partial charge in [0.05, 0.1) is 5.51 Å². The summed E-state index contributed by atoms with van der Waals surface area (Å²) >= 11 is 1.33. The van der Waals surface area contributed by atoms with E-state index in [-0.39, 0.29) is 5.91 Å². The Balaban J connectivity index is 2.17. The Morgan fingerprint density at radius 2 is 2.29 bits per heavy atom. The number of rotatable bonds is 3. The van der Waals surface area contributed by atoms with Crippen molar-refractivity contribution in [3.8, 4) is 0 Å². The van der Waals surface area contributed by atoms with Crippen LogP contribution in [0, 0.1) is 5.82 Å². The van der Waals surface area contributed by atoms with Crippen molar-refractivity contribution in [3.05, 3.63) is 41.3 Å². The number of benzene rings is 1. The van der Waals surface area contributed by atoms with E-state index in [0.29, 0.717) is 16.4 Å². The molecule has 0 fully saturated rings. The van der Waals surface area contributed by atoms with Gasteiger partial charge >= 0.3 is 0 Å². The average molecular weight is 251 g/mol. The lowest BCUT2D eigenvalue weighted by molar-refractivity contribution is 0.102. The third-order valence-corrected chi connectivity index (χ3v) is 2.94. The fourth-order valence-corrected chi connectivity index (χ4v) is 1.98. The Labute approximate surface area is 102 Å². The summed E-state index contributed by atoms with van der Waals surface area (Å²) in [6.07, 6.45) is 0. The van der Waals surface area contributed by atoms with Gasteiger partial charge in [0.1, 0.15) is 10.8 Å². The summed E-state index contributed by atoms with van der Waals surface area (Å²) in [7, 11) is 1.71. The van der Waals surface area contributed by atoms with Crippen LogP contribution in [-0.4, -0.2) is 17.9 Å². The Hall–Kier alpha value is -1.95. The molecule has 0 spiro atoms. The van der Waals surface area contributed by atoms with Gasteiger partial charge in [-0.3, -0.25) is 4.79 Å². The van der Waals surface area contributed by atoms with Crippen LogP contribution in [-0.2, 0) is 0 Å². The number of nitrogens with zero attached hydrogens (tertiary/aromatic N) is 1. The third kappa shape index (κ3) is 2.59. The topological polar surface area (TPSA) is 54.0 Å². The summed E-state index contributed by atoms with van der Waals surface area (Å²) in [4.78, 5) is 15.8. The van der Waals surface area contributed by atoms with Gasteiger partial charge in [-0.15, -0.1) is 11.3 Å². The van der Waals surface area contributed by atoms with E-state index in [2.05, 4.69) is 15.6 Å². The smallest absolute Gasteiger partial charge is 0.277 e.